The van der Waals surface area contributed by atoms with E-state index in [4.69, 9.17) is 25.0 Å². The maximum atomic E-state index is 12.5. The van der Waals surface area contributed by atoms with Crippen molar-refractivity contribution in [2.75, 3.05) is 25.5 Å². The number of ether oxygens (including phenoxy) is 3. The van der Waals surface area contributed by atoms with Gasteiger partial charge >= 0.3 is 0 Å². The lowest BCUT2D eigenvalue weighted by molar-refractivity contribution is 0.0998. The van der Waals surface area contributed by atoms with Gasteiger partial charge in [-0.3, -0.25) is 4.79 Å². The van der Waals surface area contributed by atoms with E-state index in [1.165, 1.54) is 0 Å². The van der Waals surface area contributed by atoms with Gasteiger partial charge in [0.2, 0.25) is 0 Å². The first-order valence-electron chi connectivity index (χ1n) is 13.4. The molecule has 0 unspecified atom stereocenters. The number of hydrogen-bond acceptors (Lipinski definition) is 8. The van der Waals surface area contributed by atoms with E-state index in [1.807, 2.05) is 59.3 Å². The van der Waals surface area contributed by atoms with Crippen molar-refractivity contribution in [3.05, 3.63) is 96.2 Å². The Kier molecular flexibility index (Phi) is 7.38. The first-order chi connectivity index (χ1) is 20.1. The quantitative estimate of drug-likeness (QED) is 0.223. The summed E-state index contributed by atoms with van der Waals surface area (Å²) in [7, 11) is 1.64. The first kappa shape index (κ1) is 26.1. The normalized spacial score (nSPS) is 14.6. The van der Waals surface area contributed by atoms with Crippen molar-refractivity contribution in [1.82, 2.24) is 20.1 Å². The fourth-order valence-corrected chi connectivity index (χ4v) is 4.84. The average Bonchev–Trinajstić information content (AvgIpc) is 3.63. The molecule has 6 rings (SSSR count). The number of primary amides is 1. The van der Waals surface area contributed by atoms with Crippen LogP contribution in [0.3, 0.4) is 0 Å². The lowest BCUT2D eigenvalue weighted by Crippen LogP contribution is -2.22. The number of methoxy groups -OCH3 is 1. The Morgan fingerprint density at radius 1 is 1.00 bits per heavy atom. The van der Waals surface area contributed by atoms with Gasteiger partial charge in [0.25, 0.3) is 5.91 Å². The molecule has 10 heteroatoms. The van der Waals surface area contributed by atoms with Crippen molar-refractivity contribution in [3.63, 3.8) is 0 Å². The Morgan fingerprint density at radius 2 is 1.80 bits per heavy atom. The highest BCUT2D eigenvalue weighted by Crippen LogP contribution is 2.37. The Hall–Kier alpha value is -5.09. The molecule has 0 spiro atoms. The van der Waals surface area contributed by atoms with E-state index in [9.17, 15) is 4.79 Å². The molecular weight excluding hydrogens is 520 g/mol. The van der Waals surface area contributed by atoms with E-state index < -0.39 is 5.91 Å². The highest BCUT2D eigenvalue weighted by atomic mass is 16.5. The molecule has 0 saturated carbocycles. The van der Waals surface area contributed by atoms with Crippen LogP contribution in [0.25, 0.3) is 11.0 Å². The monoisotopic (exact) mass is 550 g/mol. The molecular formula is C31H30N6O4. The van der Waals surface area contributed by atoms with Crippen LogP contribution >= 0.6 is 0 Å². The molecule has 208 valence electrons. The van der Waals surface area contributed by atoms with Crippen LogP contribution in [0.5, 0.6) is 28.7 Å². The predicted octanol–water partition coefficient (Wildman–Crippen LogP) is 4.95. The Bertz CT molecular complexity index is 1660. The minimum atomic E-state index is -0.630. The number of para-hydroxylation sites is 1. The van der Waals surface area contributed by atoms with Crippen LogP contribution in [0.15, 0.2) is 85.1 Å². The smallest absolute Gasteiger partial charge is 0.252 e. The van der Waals surface area contributed by atoms with Crippen molar-refractivity contribution in [2.45, 2.75) is 19.0 Å². The zero-order valence-electron chi connectivity index (χ0n) is 22.5. The van der Waals surface area contributed by atoms with E-state index in [0.29, 0.717) is 46.4 Å². The van der Waals surface area contributed by atoms with Gasteiger partial charge in [-0.25, -0.2) is 9.67 Å². The summed E-state index contributed by atoms with van der Waals surface area (Å²) in [6.45, 7) is 2.26. The topological polar surface area (TPSA) is 126 Å². The molecule has 1 saturated heterocycles. The number of nitrogens with zero attached hydrogens (tertiary/aromatic N) is 3. The van der Waals surface area contributed by atoms with E-state index in [1.54, 1.807) is 37.6 Å². The number of rotatable bonds is 10. The number of hydrogen-bond donors (Lipinski definition) is 3. The lowest BCUT2D eigenvalue weighted by Gasteiger charge is -2.14. The average molecular weight is 551 g/mol. The second kappa shape index (κ2) is 11.6. The molecule has 3 aromatic carbocycles. The zero-order valence-corrected chi connectivity index (χ0v) is 22.5. The van der Waals surface area contributed by atoms with E-state index in [-0.39, 0.29) is 11.6 Å². The van der Waals surface area contributed by atoms with E-state index in [0.717, 1.165) is 30.8 Å². The number of carbonyl (C=O) groups excluding carboxylic acids is 1. The Labute approximate surface area is 237 Å². The van der Waals surface area contributed by atoms with Crippen LogP contribution < -0.4 is 30.6 Å². The zero-order chi connectivity index (χ0) is 28.2. The van der Waals surface area contributed by atoms with Gasteiger partial charge in [0.15, 0.2) is 11.5 Å². The predicted molar refractivity (Wildman–Crippen MR) is 156 cm³/mol. The Balaban J connectivity index is 1.36. The molecule has 1 atom stereocenters. The standard InChI is InChI=1S/C31H30N6O4/c1-39-22-9-7-20(8-10-22)19-37-31-28(30(36-37)35-21-13-15-33-18-21)27(14-16-34-31)41-26-12-11-24(17-25(26)29(32)38)40-23-5-3-2-4-6-23/h2-12,14,16-17,21,33H,13,15,18-19H2,1H3,(H2,32,38)(H,35,36)/t21-/m1/s1. The third kappa shape index (κ3) is 5.78. The molecule has 0 radical (unpaired) electrons. The number of nitrogens with one attached hydrogen (secondary N) is 2. The summed E-state index contributed by atoms with van der Waals surface area (Å²) in [5.41, 5.74) is 7.65. The molecule has 0 aliphatic carbocycles. The van der Waals surface area contributed by atoms with Gasteiger partial charge in [-0.1, -0.05) is 30.3 Å². The number of fused-ring (bicyclic) bond motifs is 1. The molecule has 2 aromatic heterocycles. The number of pyridine rings is 1. The van der Waals surface area contributed by atoms with Crippen LogP contribution in [-0.2, 0) is 6.54 Å². The second-order valence-corrected chi connectivity index (χ2v) is 9.74. The first-order valence-corrected chi connectivity index (χ1v) is 13.4. The summed E-state index contributed by atoms with van der Waals surface area (Å²) in [4.78, 5) is 17.1. The van der Waals surface area contributed by atoms with Gasteiger partial charge < -0.3 is 30.6 Å². The van der Waals surface area contributed by atoms with Gasteiger partial charge in [-0.05, 0) is 61.0 Å². The molecule has 0 bridgehead atoms. The van der Waals surface area contributed by atoms with Gasteiger partial charge in [-0.2, -0.15) is 5.10 Å². The molecule has 1 aliphatic rings. The van der Waals surface area contributed by atoms with E-state index in [2.05, 4.69) is 15.6 Å². The molecule has 1 aliphatic heterocycles. The molecule has 5 aromatic rings. The molecule has 1 amide bonds. The van der Waals surface area contributed by atoms with Gasteiger partial charge in [0.05, 0.1) is 19.2 Å². The fraction of sp³-hybridized carbons (Fsp3) is 0.194. The van der Waals surface area contributed by atoms with Crippen LogP contribution in [0.1, 0.15) is 22.3 Å². The highest BCUT2D eigenvalue weighted by molar-refractivity contribution is 5.97. The maximum absolute atomic E-state index is 12.5. The summed E-state index contributed by atoms with van der Waals surface area (Å²) in [5.74, 6) is 2.75. The SMILES string of the molecule is COc1ccc(Cn2nc(N[C@@H]3CCNC3)c3c(Oc4ccc(Oc5ccccc5)cc4C(N)=O)ccnc32)cc1. The molecule has 41 heavy (non-hydrogen) atoms. The van der Waals surface area contributed by atoms with Crippen LogP contribution in [0.4, 0.5) is 5.82 Å². The number of anilines is 1. The van der Waals surface area contributed by atoms with Gasteiger partial charge in [-0.15, -0.1) is 0 Å². The highest BCUT2D eigenvalue weighted by Gasteiger charge is 2.23. The van der Waals surface area contributed by atoms with Gasteiger partial charge in [0.1, 0.15) is 34.1 Å². The van der Waals surface area contributed by atoms with Crippen molar-refractivity contribution >= 4 is 22.8 Å². The van der Waals surface area contributed by atoms with Crippen molar-refractivity contribution in [1.29, 1.82) is 0 Å². The number of aromatic nitrogens is 3. The summed E-state index contributed by atoms with van der Waals surface area (Å²) in [6, 6.07) is 24.1. The molecule has 10 nitrogen and oxygen atoms in total. The number of nitrogens with two attached hydrogens (primary N) is 1. The minimum Gasteiger partial charge on any atom is -0.497 e. The molecule has 4 N–H and O–H groups in total. The Morgan fingerprint density at radius 3 is 2.54 bits per heavy atom. The number of carbonyl (C=O) groups is 1. The molecule has 3 heterocycles. The summed E-state index contributed by atoms with van der Waals surface area (Å²) >= 11 is 0. The molecule has 1 fully saturated rings. The van der Waals surface area contributed by atoms with Crippen LogP contribution in [-0.4, -0.2) is 46.9 Å². The van der Waals surface area contributed by atoms with Crippen molar-refractivity contribution in [2.24, 2.45) is 5.73 Å². The second-order valence-electron chi connectivity index (χ2n) is 9.74. The van der Waals surface area contributed by atoms with E-state index >= 15 is 0 Å². The van der Waals surface area contributed by atoms with Gasteiger partial charge in [0, 0.05) is 24.8 Å². The third-order valence-corrected chi connectivity index (χ3v) is 6.90. The summed E-state index contributed by atoms with van der Waals surface area (Å²) < 4.78 is 19.4. The fourth-order valence-electron chi connectivity index (χ4n) is 4.84. The maximum Gasteiger partial charge on any atom is 0.252 e. The van der Waals surface area contributed by atoms with Crippen LogP contribution in [0.2, 0.25) is 0 Å². The minimum absolute atomic E-state index is 0.198. The summed E-state index contributed by atoms with van der Waals surface area (Å²) in [6.07, 6.45) is 2.64. The number of amides is 1. The lowest BCUT2D eigenvalue weighted by atomic mass is 10.1. The largest absolute Gasteiger partial charge is 0.497 e. The van der Waals surface area contributed by atoms with Crippen LogP contribution in [0, 0.1) is 0 Å². The number of benzene rings is 3. The van der Waals surface area contributed by atoms with Crippen molar-refractivity contribution < 1.29 is 19.0 Å². The summed E-state index contributed by atoms with van der Waals surface area (Å²) in [5, 5.41) is 12.6. The third-order valence-electron chi connectivity index (χ3n) is 6.90. The van der Waals surface area contributed by atoms with Crippen molar-refractivity contribution in [3.8, 4) is 28.7 Å².